The number of aromatic nitrogens is 1. The summed E-state index contributed by atoms with van der Waals surface area (Å²) in [6, 6.07) is 3.04. The van der Waals surface area contributed by atoms with Gasteiger partial charge < -0.3 is 10.0 Å². The molecule has 1 N–H and O–H groups in total. The van der Waals surface area contributed by atoms with Crippen molar-refractivity contribution < 1.29 is 10.0 Å². The molecule has 2 rings (SSSR count). The average molecular weight is 234 g/mol. The fourth-order valence-corrected chi connectivity index (χ4v) is 1.74. The van der Waals surface area contributed by atoms with Crippen molar-refractivity contribution in [3.05, 3.63) is 27.9 Å². The minimum Gasteiger partial charge on any atom is -0.396 e. The fraction of sp³-hybridized carbons (Fsp3) is 0.400. The summed E-state index contributed by atoms with van der Waals surface area (Å²) in [5, 5.41) is 28.4. The molecule has 1 aliphatic heterocycles. The lowest BCUT2D eigenvalue weighted by Gasteiger charge is -2.38. The van der Waals surface area contributed by atoms with Crippen molar-refractivity contribution in [2.75, 3.05) is 24.6 Å². The summed E-state index contributed by atoms with van der Waals surface area (Å²) >= 11 is 0. The number of nitriles is 1. The van der Waals surface area contributed by atoms with Crippen LogP contribution in [0.2, 0.25) is 0 Å². The SMILES string of the molecule is N#Cc1cnc(N2CC(CO)C2)c([N+](=O)[O-])c1. The Morgan fingerprint density at radius 3 is 2.94 bits per heavy atom. The maximum Gasteiger partial charge on any atom is 0.312 e. The zero-order chi connectivity index (χ0) is 12.4. The number of aliphatic hydroxyl groups excluding tert-OH is 1. The van der Waals surface area contributed by atoms with E-state index in [0.717, 1.165) is 0 Å². The van der Waals surface area contributed by atoms with E-state index in [2.05, 4.69) is 4.98 Å². The highest BCUT2D eigenvalue weighted by molar-refractivity contribution is 5.61. The number of rotatable bonds is 3. The molecule has 2 heterocycles. The second kappa shape index (κ2) is 4.35. The molecule has 7 nitrogen and oxygen atoms in total. The topological polar surface area (TPSA) is 103 Å². The monoisotopic (exact) mass is 234 g/mol. The number of hydrogen-bond acceptors (Lipinski definition) is 6. The van der Waals surface area contributed by atoms with Crippen molar-refractivity contribution in [3.8, 4) is 6.07 Å². The average Bonchev–Trinajstić information content (AvgIpc) is 2.27. The fourth-order valence-electron chi connectivity index (χ4n) is 1.74. The lowest BCUT2D eigenvalue weighted by Crippen LogP contribution is -2.49. The van der Waals surface area contributed by atoms with Gasteiger partial charge in [-0.05, 0) is 0 Å². The second-order valence-corrected chi connectivity index (χ2v) is 3.89. The van der Waals surface area contributed by atoms with Crippen molar-refractivity contribution in [2.45, 2.75) is 0 Å². The van der Waals surface area contributed by atoms with Crippen LogP contribution in [-0.2, 0) is 0 Å². The standard InChI is InChI=1S/C10H10N4O3/c11-2-7-1-9(14(16)17)10(12-3-7)13-4-8(5-13)6-15/h1,3,8,15H,4-6H2. The second-order valence-electron chi connectivity index (χ2n) is 3.89. The highest BCUT2D eigenvalue weighted by atomic mass is 16.6. The largest absolute Gasteiger partial charge is 0.396 e. The molecule has 1 aliphatic rings. The Morgan fingerprint density at radius 1 is 1.71 bits per heavy atom. The summed E-state index contributed by atoms with van der Waals surface area (Å²) in [6.07, 6.45) is 1.31. The van der Waals surface area contributed by atoms with E-state index in [9.17, 15) is 10.1 Å². The number of aliphatic hydroxyl groups is 1. The molecule has 1 aromatic rings. The van der Waals surface area contributed by atoms with E-state index in [1.165, 1.54) is 12.3 Å². The quantitative estimate of drug-likeness (QED) is 0.595. The molecule has 0 radical (unpaired) electrons. The molecular formula is C10H10N4O3. The van der Waals surface area contributed by atoms with E-state index in [4.69, 9.17) is 10.4 Å². The molecule has 7 heteroatoms. The van der Waals surface area contributed by atoms with Gasteiger partial charge in [0.05, 0.1) is 10.5 Å². The number of nitro groups is 1. The molecule has 88 valence electrons. The third kappa shape index (κ3) is 2.03. The predicted molar refractivity (Wildman–Crippen MR) is 58.4 cm³/mol. The van der Waals surface area contributed by atoms with Crippen LogP contribution in [0.15, 0.2) is 12.3 Å². The Kier molecular flexibility index (Phi) is 2.89. The zero-order valence-corrected chi connectivity index (χ0v) is 8.91. The maximum absolute atomic E-state index is 10.9. The van der Waals surface area contributed by atoms with Crippen LogP contribution in [0, 0.1) is 27.4 Å². The van der Waals surface area contributed by atoms with Crippen LogP contribution in [-0.4, -0.2) is 34.7 Å². The highest BCUT2D eigenvalue weighted by Gasteiger charge is 2.32. The summed E-state index contributed by atoms with van der Waals surface area (Å²) in [4.78, 5) is 16.0. The van der Waals surface area contributed by atoms with E-state index < -0.39 is 4.92 Å². The van der Waals surface area contributed by atoms with Gasteiger partial charge in [0.25, 0.3) is 0 Å². The summed E-state index contributed by atoms with van der Waals surface area (Å²) in [5.74, 6) is 0.408. The Labute approximate surface area is 97.1 Å². The van der Waals surface area contributed by atoms with Gasteiger partial charge in [-0.3, -0.25) is 10.1 Å². The number of anilines is 1. The first kappa shape index (κ1) is 11.3. The molecule has 17 heavy (non-hydrogen) atoms. The van der Waals surface area contributed by atoms with Gasteiger partial charge >= 0.3 is 5.69 Å². The van der Waals surface area contributed by atoms with Crippen LogP contribution in [0.25, 0.3) is 0 Å². The highest BCUT2D eigenvalue weighted by Crippen LogP contribution is 2.31. The summed E-state index contributed by atoms with van der Waals surface area (Å²) < 4.78 is 0. The van der Waals surface area contributed by atoms with Crippen LogP contribution >= 0.6 is 0 Å². The number of hydrogen-bond donors (Lipinski definition) is 1. The van der Waals surface area contributed by atoms with Crippen LogP contribution in [0.5, 0.6) is 0 Å². The van der Waals surface area contributed by atoms with Crippen LogP contribution < -0.4 is 4.90 Å². The molecule has 0 spiro atoms. The van der Waals surface area contributed by atoms with Crippen molar-refractivity contribution in [2.24, 2.45) is 5.92 Å². The molecule has 0 aliphatic carbocycles. The van der Waals surface area contributed by atoms with E-state index in [0.29, 0.717) is 13.1 Å². The van der Waals surface area contributed by atoms with Gasteiger partial charge in [0, 0.05) is 37.9 Å². The molecule has 0 saturated carbocycles. The minimum absolute atomic E-state index is 0.0700. The maximum atomic E-state index is 10.9. The number of nitrogens with zero attached hydrogens (tertiary/aromatic N) is 4. The van der Waals surface area contributed by atoms with Crippen molar-refractivity contribution >= 4 is 11.5 Å². The smallest absolute Gasteiger partial charge is 0.312 e. The van der Waals surface area contributed by atoms with Gasteiger partial charge in [-0.15, -0.1) is 0 Å². The van der Waals surface area contributed by atoms with Gasteiger partial charge in [-0.2, -0.15) is 5.26 Å². The molecule has 1 aromatic heterocycles. The normalized spacial score (nSPS) is 15.2. The van der Waals surface area contributed by atoms with E-state index in [1.54, 1.807) is 4.90 Å². The molecule has 0 atom stereocenters. The van der Waals surface area contributed by atoms with Gasteiger partial charge in [-0.1, -0.05) is 0 Å². The van der Waals surface area contributed by atoms with Crippen LogP contribution in [0.4, 0.5) is 11.5 Å². The summed E-state index contributed by atoms with van der Waals surface area (Å²) in [5.41, 5.74) is 0.000112. The molecule has 1 saturated heterocycles. The number of pyridine rings is 1. The van der Waals surface area contributed by atoms with Crippen molar-refractivity contribution in [3.63, 3.8) is 0 Å². The van der Waals surface area contributed by atoms with Crippen molar-refractivity contribution in [1.82, 2.24) is 4.98 Å². The lowest BCUT2D eigenvalue weighted by molar-refractivity contribution is -0.384. The van der Waals surface area contributed by atoms with Gasteiger partial charge in [-0.25, -0.2) is 4.98 Å². The Bertz CT molecular complexity index is 491. The first-order chi connectivity index (χ1) is 8.15. The Morgan fingerprint density at radius 2 is 2.41 bits per heavy atom. The van der Waals surface area contributed by atoms with Gasteiger partial charge in [0.2, 0.25) is 5.82 Å². The first-order valence-corrected chi connectivity index (χ1v) is 5.06. The van der Waals surface area contributed by atoms with Crippen LogP contribution in [0.1, 0.15) is 5.56 Å². The zero-order valence-electron chi connectivity index (χ0n) is 8.91. The summed E-state index contributed by atoms with van der Waals surface area (Å²) in [6.45, 7) is 1.17. The Balaban J connectivity index is 2.29. The minimum atomic E-state index is -0.546. The third-order valence-corrected chi connectivity index (χ3v) is 2.69. The molecule has 0 unspecified atom stereocenters. The third-order valence-electron chi connectivity index (χ3n) is 2.69. The Hall–Kier alpha value is -2.20. The molecule has 1 fully saturated rings. The summed E-state index contributed by atoms with van der Waals surface area (Å²) in [7, 11) is 0. The van der Waals surface area contributed by atoms with Gasteiger partial charge in [0.1, 0.15) is 6.07 Å². The predicted octanol–water partition coefficient (Wildman–Crippen LogP) is 0.290. The lowest BCUT2D eigenvalue weighted by atomic mass is 10.0. The molecule has 0 amide bonds. The molecule has 0 bridgehead atoms. The van der Waals surface area contributed by atoms with Crippen LogP contribution in [0.3, 0.4) is 0 Å². The van der Waals surface area contributed by atoms with Gasteiger partial charge in [0.15, 0.2) is 0 Å². The van der Waals surface area contributed by atoms with E-state index in [-0.39, 0.29) is 29.6 Å². The van der Waals surface area contributed by atoms with Crippen molar-refractivity contribution in [1.29, 1.82) is 5.26 Å². The molecular weight excluding hydrogens is 224 g/mol. The van der Waals surface area contributed by atoms with E-state index >= 15 is 0 Å². The first-order valence-electron chi connectivity index (χ1n) is 5.06. The van der Waals surface area contributed by atoms with E-state index in [1.807, 2.05) is 6.07 Å². The molecule has 0 aromatic carbocycles.